The number of nitrogens with zero attached hydrogens (tertiary/aromatic N) is 1. The highest BCUT2D eigenvalue weighted by molar-refractivity contribution is 6.01. The normalized spacial score (nSPS) is 14.6. The third kappa shape index (κ3) is 4.12. The predicted molar refractivity (Wildman–Crippen MR) is 119 cm³/mol. The van der Waals surface area contributed by atoms with Crippen LogP contribution in [0.3, 0.4) is 0 Å². The van der Waals surface area contributed by atoms with E-state index in [1.165, 1.54) is 33.3 Å². The summed E-state index contributed by atoms with van der Waals surface area (Å²) in [7, 11) is 5.59. The lowest BCUT2D eigenvalue weighted by atomic mass is 9.93. The standard InChI is InChI=1S/C24H25NO8/c1-28-22(26)20-10-16-17-12-24(30-3,31-4)14-25(23(27)29-2)18(17)11-19(21(16)33-20)32-13-15-8-6-5-7-9-15/h5-11H,12-14H2,1-4H3. The maximum atomic E-state index is 12.7. The zero-order chi connectivity index (χ0) is 23.6. The second kappa shape index (κ2) is 9.13. The van der Waals surface area contributed by atoms with Crippen molar-refractivity contribution in [2.75, 3.05) is 39.9 Å². The van der Waals surface area contributed by atoms with Gasteiger partial charge in [0.15, 0.2) is 17.1 Å². The van der Waals surface area contributed by atoms with Gasteiger partial charge in [-0.3, -0.25) is 4.90 Å². The number of carbonyl (C=O) groups is 2. The molecule has 2 heterocycles. The Morgan fingerprint density at radius 2 is 1.76 bits per heavy atom. The van der Waals surface area contributed by atoms with Gasteiger partial charge in [-0.15, -0.1) is 0 Å². The van der Waals surface area contributed by atoms with E-state index in [9.17, 15) is 9.59 Å². The van der Waals surface area contributed by atoms with Crippen molar-refractivity contribution in [2.45, 2.75) is 18.8 Å². The molecular formula is C24H25NO8. The van der Waals surface area contributed by atoms with Crippen LogP contribution < -0.4 is 9.64 Å². The van der Waals surface area contributed by atoms with Crippen molar-refractivity contribution in [3.05, 3.63) is 59.4 Å². The van der Waals surface area contributed by atoms with Crippen molar-refractivity contribution in [1.29, 1.82) is 0 Å². The molecule has 4 rings (SSSR count). The van der Waals surface area contributed by atoms with E-state index in [-0.39, 0.29) is 18.9 Å². The summed E-state index contributed by atoms with van der Waals surface area (Å²) in [6.07, 6.45) is -0.280. The van der Waals surface area contributed by atoms with Gasteiger partial charge >= 0.3 is 12.1 Å². The number of ether oxygens (including phenoxy) is 5. The number of hydrogen-bond donors (Lipinski definition) is 0. The highest BCUT2D eigenvalue weighted by Crippen LogP contribution is 2.44. The van der Waals surface area contributed by atoms with E-state index in [2.05, 4.69) is 0 Å². The van der Waals surface area contributed by atoms with Gasteiger partial charge in [0.25, 0.3) is 0 Å². The van der Waals surface area contributed by atoms with Gasteiger partial charge in [0.05, 0.1) is 26.5 Å². The first-order valence-corrected chi connectivity index (χ1v) is 10.3. The highest BCUT2D eigenvalue weighted by Gasteiger charge is 2.43. The molecule has 0 aliphatic carbocycles. The minimum Gasteiger partial charge on any atom is -0.485 e. The molecule has 174 valence electrons. The van der Waals surface area contributed by atoms with E-state index in [1.54, 1.807) is 12.1 Å². The van der Waals surface area contributed by atoms with E-state index in [1.807, 2.05) is 30.3 Å². The molecular weight excluding hydrogens is 430 g/mol. The molecule has 3 aromatic rings. The van der Waals surface area contributed by atoms with Crippen LogP contribution in [0.4, 0.5) is 10.5 Å². The molecule has 9 nitrogen and oxygen atoms in total. The lowest BCUT2D eigenvalue weighted by Gasteiger charge is -2.41. The fraction of sp³-hybridized carbons (Fsp3) is 0.333. The van der Waals surface area contributed by atoms with Crippen LogP contribution in [-0.2, 0) is 32.0 Å². The minimum atomic E-state index is -1.11. The monoisotopic (exact) mass is 455 g/mol. The third-order valence-electron chi connectivity index (χ3n) is 5.76. The summed E-state index contributed by atoms with van der Waals surface area (Å²) in [6.45, 7) is 0.367. The van der Waals surface area contributed by atoms with Crippen molar-refractivity contribution in [2.24, 2.45) is 0 Å². The smallest absolute Gasteiger partial charge is 0.414 e. The predicted octanol–water partition coefficient (Wildman–Crippen LogP) is 3.92. The summed E-state index contributed by atoms with van der Waals surface area (Å²) in [6, 6.07) is 12.9. The fourth-order valence-electron chi connectivity index (χ4n) is 3.96. The Labute approximate surface area is 190 Å². The number of fused-ring (bicyclic) bond motifs is 3. The van der Waals surface area contributed by atoms with Crippen LogP contribution in [-0.4, -0.2) is 52.8 Å². The van der Waals surface area contributed by atoms with Crippen molar-refractivity contribution in [1.82, 2.24) is 0 Å². The molecule has 0 fully saturated rings. The Bertz CT molecular complexity index is 1170. The van der Waals surface area contributed by atoms with E-state index in [0.29, 0.717) is 34.4 Å². The Morgan fingerprint density at radius 1 is 1.03 bits per heavy atom. The number of hydrogen-bond acceptors (Lipinski definition) is 8. The van der Waals surface area contributed by atoms with Gasteiger partial charge in [0.2, 0.25) is 5.76 Å². The molecule has 0 saturated heterocycles. The van der Waals surface area contributed by atoms with E-state index in [0.717, 1.165) is 5.56 Å². The van der Waals surface area contributed by atoms with Crippen LogP contribution in [0.5, 0.6) is 5.75 Å². The van der Waals surface area contributed by atoms with E-state index < -0.39 is 17.8 Å². The van der Waals surface area contributed by atoms with Crippen molar-refractivity contribution >= 4 is 28.7 Å². The molecule has 33 heavy (non-hydrogen) atoms. The lowest BCUT2D eigenvalue weighted by Crippen LogP contribution is -2.53. The molecule has 0 radical (unpaired) electrons. The highest BCUT2D eigenvalue weighted by atomic mass is 16.7. The second-order valence-electron chi connectivity index (χ2n) is 7.54. The van der Waals surface area contributed by atoms with Crippen molar-refractivity contribution < 1.29 is 37.7 Å². The molecule has 0 atom stereocenters. The number of carbonyl (C=O) groups excluding carboxylic acids is 2. The van der Waals surface area contributed by atoms with E-state index >= 15 is 0 Å². The van der Waals surface area contributed by atoms with Gasteiger partial charge in [-0.25, -0.2) is 9.59 Å². The summed E-state index contributed by atoms with van der Waals surface area (Å²) >= 11 is 0. The van der Waals surface area contributed by atoms with Gasteiger partial charge in [-0.2, -0.15) is 0 Å². The summed E-state index contributed by atoms with van der Waals surface area (Å²) in [5, 5.41) is 0.586. The number of rotatable bonds is 6. The molecule has 0 spiro atoms. The number of amides is 1. The largest absolute Gasteiger partial charge is 0.485 e. The maximum Gasteiger partial charge on any atom is 0.414 e. The minimum absolute atomic E-state index is 0.0149. The molecule has 1 aliphatic heterocycles. The quantitative estimate of drug-likeness (QED) is 0.408. The van der Waals surface area contributed by atoms with Crippen LogP contribution >= 0.6 is 0 Å². The molecule has 0 saturated carbocycles. The summed E-state index contributed by atoms with van der Waals surface area (Å²) in [5.74, 6) is -1.34. The number of anilines is 1. The molecule has 0 N–H and O–H groups in total. The molecule has 2 aromatic carbocycles. The first-order valence-electron chi connectivity index (χ1n) is 10.3. The Morgan fingerprint density at radius 3 is 2.39 bits per heavy atom. The molecule has 1 aromatic heterocycles. The van der Waals surface area contributed by atoms with Gasteiger partial charge in [-0.05, 0) is 17.2 Å². The fourth-order valence-corrected chi connectivity index (χ4v) is 3.96. The average molecular weight is 455 g/mol. The van der Waals surface area contributed by atoms with Gasteiger partial charge < -0.3 is 28.1 Å². The summed E-state index contributed by atoms with van der Waals surface area (Å²) in [4.78, 5) is 26.3. The SMILES string of the molecule is COC(=O)c1cc2c3c(cc(OCc4ccccc4)c2o1)N(C(=O)OC)CC(OC)(OC)C3. The van der Waals surface area contributed by atoms with Crippen LogP contribution in [0.15, 0.2) is 46.9 Å². The topological polar surface area (TPSA) is 96.7 Å². The van der Waals surface area contributed by atoms with Gasteiger partial charge in [0, 0.05) is 32.1 Å². The Hall–Kier alpha value is -3.56. The van der Waals surface area contributed by atoms with Gasteiger partial charge in [0.1, 0.15) is 6.61 Å². The van der Waals surface area contributed by atoms with Crippen molar-refractivity contribution in [3.63, 3.8) is 0 Å². The summed E-state index contributed by atoms with van der Waals surface area (Å²) in [5.41, 5.74) is 2.55. The molecule has 1 amide bonds. The molecule has 0 bridgehead atoms. The van der Waals surface area contributed by atoms with Crippen LogP contribution in [0, 0.1) is 0 Å². The number of furan rings is 1. The Balaban J connectivity index is 1.89. The number of esters is 1. The van der Waals surface area contributed by atoms with Crippen LogP contribution in [0.25, 0.3) is 11.0 Å². The van der Waals surface area contributed by atoms with E-state index in [4.69, 9.17) is 28.1 Å². The average Bonchev–Trinajstić information content (AvgIpc) is 3.32. The van der Waals surface area contributed by atoms with Crippen molar-refractivity contribution in [3.8, 4) is 5.75 Å². The first kappa shape index (κ1) is 22.6. The zero-order valence-electron chi connectivity index (χ0n) is 18.9. The van der Waals surface area contributed by atoms with Crippen LogP contribution in [0.2, 0.25) is 0 Å². The third-order valence-corrected chi connectivity index (χ3v) is 5.76. The molecule has 9 heteroatoms. The number of methoxy groups -OCH3 is 4. The summed E-state index contributed by atoms with van der Waals surface area (Å²) < 4.78 is 33.1. The molecule has 1 aliphatic rings. The maximum absolute atomic E-state index is 12.7. The molecule has 0 unspecified atom stereocenters. The first-order chi connectivity index (χ1) is 15.9. The number of benzene rings is 2. The van der Waals surface area contributed by atoms with Gasteiger partial charge in [-0.1, -0.05) is 30.3 Å². The lowest BCUT2D eigenvalue weighted by molar-refractivity contribution is -0.199. The Kier molecular flexibility index (Phi) is 6.26. The zero-order valence-corrected chi connectivity index (χ0v) is 18.9. The van der Waals surface area contributed by atoms with Crippen LogP contribution in [0.1, 0.15) is 21.7 Å². The second-order valence-corrected chi connectivity index (χ2v) is 7.54.